The fourth-order valence-corrected chi connectivity index (χ4v) is 5.90. The number of rotatable bonds is 2. The summed E-state index contributed by atoms with van der Waals surface area (Å²) in [6.07, 6.45) is 5.27. The molecular weight excluding hydrogens is 529 g/mol. The third kappa shape index (κ3) is 9.41. The summed E-state index contributed by atoms with van der Waals surface area (Å²) in [5.74, 6) is 8.03. The molecule has 5 rings (SSSR count). The first-order valence-electron chi connectivity index (χ1n) is 15.1. The predicted molar refractivity (Wildman–Crippen MR) is 186 cm³/mol. The van der Waals surface area contributed by atoms with Crippen molar-refractivity contribution in [3.8, 4) is 23.0 Å². The Morgan fingerprint density at radius 2 is 1.60 bits per heavy atom. The van der Waals surface area contributed by atoms with Crippen LogP contribution in [0.5, 0.6) is 0 Å². The summed E-state index contributed by atoms with van der Waals surface area (Å²) in [6.45, 7) is 19.4. The molecule has 2 nitrogen and oxygen atoms in total. The zero-order valence-corrected chi connectivity index (χ0v) is 27.6. The monoisotopic (exact) mass is 578 g/mol. The smallest absolute Gasteiger partial charge is 0.0789 e. The molecule has 0 spiro atoms. The molecule has 42 heavy (non-hydrogen) atoms. The number of hydrogen-bond donors (Lipinski definition) is 3. The molecule has 0 amide bonds. The molecule has 4 atom stereocenters. The Balaban J connectivity index is 0.000000190. The average Bonchev–Trinajstić information content (AvgIpc) is 2.93. The lowest BCUT2D eigenvalue weighted by atomic mass is 9.69. The van der Waals surface area contributed by atoms with E-state index in [4.69, 9.17) is 11.5 Å². The highest BCUT2D eigenvalue weighted by Crippen LogP contribution is 2.37. The number of thiol groups is 1. The number of hydrogen-bond acceptors (Lipinski definition) is 3. The molecule has 2 aliphatic rings. The zero-order chi connectivity index (χ0) is 31.0. The lowest BCUT2D eigenvalue weighted by molar-refractivity contribution is 0.184. The van der Waals surface area contributed by atoms with Crippen LogP contribution in [0.3, 0.4) is 0 Å². The lowest BCUT2D eigenvalue weighted by Crippen LogP contribution is -2.38. The molecule has 1 saturated carbocycles. The van der Waals surface area contributed by atoms with E-state index in [0.717, 1.165) is 35.4 Å². The summed E-state index contributed by atoms with van der Waals surface area (Å²) in [6, 6.07) is 23.8. The van der Waals surface area contributed by atoms with Gasteiger partial charge in [0.1, 0.15) is 0 Å². The summed E-state index contributed by atoms with van der Waals surface area (Å²) >= 11 is 4.13. The number of nitrogens with two attached hydrogens (primary N) is 2. The van der Waals surface area contributed by atoms with Gasteiger partial charge in [-0.15, -0.1) is 12.6 Å². The van der Waals surface area contributed by atoms with Gasteiger partial charge in [-0.3, -0.25) is 0 Å². The quantitative estimate of drug-likeness (QED) is 0.209. The van der Waals surface area contributed by atoms with Crippen LogP contribution in [0, 0.1) is 43.4 Å². The van der Waals surface area contributed by atoms with E-state index in [-0.39, 0.29) is 5.41 Å². The molecule has 222 valence electrons. The molecule has 2 bridgehead atoms. The first-order valence-corrected chi connectivity index (χ1v) is 15.5. The SMILES string of the molecule is C=C(C)c1cccc(C)c1-c1ccc(C(C)(C)C)cc1.CC1C2/C=C(/N)C#CCC1CC(N)C2.Cc1ccc(S)cc1. The average molecular weight is 579 g/mol. The topological polar surface area (TPSA) is 52.0 Å². The van der Waals surface area contributed by atoms with Gasteiger partial charge in [0.25, 0.3) is 0 Å². The second kappa shape index (κ2) is 14.8. The van der Waals surface area contributed by atoms with Gasteiger partial charge in [0.15, 0.2) is 0 Å². The molecule has 0 aliphatic heterocycles. The van der Waals surface area contributed by atoms with Crippen LogP contribution in [-0.4, -0.2) is 6.04 Å². The highest BCUT2D eigenvalue weighted by Gasteiger charge is 2.32. The molecule has 0 radical (unpaired) electrons. The Morgan fingerprint density at radius 3 is 2.17 bits per heavy atom. The van der Waals surface area contributed by atoms with Crippen LogP contribution in [0.4, 0.5) is 0 Å². The Labute approximate surface area is 261 Å². The van der Waals surface area contributed by atoms with E-state index in [1.165, 1.54) is 33.4 Å². The summed E-state index contributed by atoms with van der Waals surface area (Å²) in [5.41, 5.74) is 21.6. The first kappa shape index (κ1) is 33.3. The van der Waals surface area contributed by atoms with Crippen molar-refractivity contribution in [1.82, 2.24) is 0 Å². The van der Waals surface area contributed by atoms with Crippen molar-refractivity contribution in [2.24, 2.45) is 29.2 Å². The summed E-state index contributed by atoms with van der Waals surface area (Å²) in [5, 5.41) is 0. The van der Waals surface area contributed by atoms with Crippen LogP contribution in [0.2, 0.25) is 0 Å². The third-order valence-electron chi connectivity index (χ3n) is 8.40. The van der Waals surface area contributed by atoms with E-state index < -0.39 is 0 Å². The maximum atomic E-state index is 6.03. The fourth-order valence-electron chi connectivity index (χ4n) is 5.75. The molecule has 2 aliphatic carbocycles. The lowest BCUT2D eigenvalue weighted by Gasteiger charge is -2.37. The van der Waals surface area contributed by atoms with Crippen molar-refractivity contribution in [1.29, 1.82) is 0 Å². The van der Waals surface area contributed by atoms with Gasteiger partial charge in [0.05, 0.1) is 5.70 Å². The van der Waals surface area contributed by atoms with Gasteiger partial charge in [-0.2, -0.15) is 0 Å². The number of allylic oxidation sites excluding steroid dienone is 3. The molecule has 3 heteroatoms. The molecule has 1 fully saturated rings. The predicted octanol–water partition coefficient (Wildman–Crippen LogP) is 9.50. The van der Waals surface area contributed by atoms with E-state index in [1.807, 2.05) is 24.3 Å². The molecular formula is C39H50N2S. The normalized spacial score (nSPS) is 22.3. The van der Waals surface area contributed by atoms with E-state index in [0.29, 0.717) is 23.8 Å². The molecule has 0 aromatic heterocycles. The molecule has 0 heterocycles. The van der Waals surface area contributed by atoms with Crippen LogP contribution >= 0.6 is 12.6 Å². The van der Waals surface area contributed by atoms with Crippen LogP contribution in [0.15, 0.2) is 90.0 Å². The van der Waals surface area contributed by atoms with E-state index in [9.17, 15) is 0 Å². The Kier molecular flexibility index (Phi) is 11.7. The number of fused-ring (bicyclic) bond motifs is 2. The maximum absolute atomic E-state index is 6.03. The van der Waals surface area contributed by atoms with Gasteiger partial charge in [0, 0.05) is 17.4 Å². The maximum Gasteiger partial charge on any atom is 0.0789 e. The Morgan fingerprint density at radius 1 is 0.952 bits per heavy atom. The van der Waals surface area contributed by atoms with Crippen LogP contribution < -0.4 is 11.5 Å². The second-order valence-corrected chi connectivity index (χ2v) is 13.6. The number of aryl methyl sites for hydroxylation is 2. The molecule has 3 aromatic rings. The van der Waals surface area contributed by atoms with Crippen LogP contribution in [0.25, 0.3) is 16.7 Å². The van der Waals surface area contributed by atoms with E-state index in [2.05, 4.69) is 128 Å². The van der Waals surface area contributed by atoms with Crippen molar-refractivity contribution in [3.05, 3.63) is 107 Å². The Hall–Kier alpha value is -3.19. The highest BCUT2D eigenvalue weighted by molar-refractivity contribution is 7.80. The third-order valence-corrected chi connectivity index (χ3v) is 8.69. The van der Waals surface area contributed by atoms with Crippen molar-refractivity contribution in [2.75, 3.05) is 0 Å². The van der Waals surface area contributed by atoms with E-state index in [1.54, 1.807) is 0 Å². The van der Waals surface area contributed by atoms with Crippen molar-refractivity contribution < 1.29 is 0 Å². The molecule has 0 saturated heterocycles. The summed E-state index contributed by atoms with van der Waals surface area (Å²) in [7, 11) is 0. The van der Waals surface area contributed by atoms with Gasteiger partial charge < -0.3 is 11.5 Å². The summed E-state index contributed by atoms with van der Waals surface area (Å²) < 4.78 is 0. The van der Waals surface area contributed by atoms with Crippen molar-refractivity contribution in [3.63, 3.8) is 0 Å². The highest BCUT2D eigenvalue weighted by atomic mass is 32.1. The zero-order valence-electron chi connectivity index (χ0n) is 26.7. The van der Waals surface area contributed by atoms with Gasteiger partial charge in [0.2, 0.25) is 0 Å². The standard InChI is InChI=1S/C20H24.C12H18N2.C7H8S/c1-14(2)18-9-7-8-15(3)19(18)16-10-12-17(13-11-16)20(4,5)6;1-8-9-3-2-4-11(13)6-10(8)7-12(14)5-9;1-6-2-4-7(8)5-3-6/h7-13H,1H2,2-6H3;6,8-10,12H,3,5,7,13-14H2,1H3;2-5,8H,1H3/b;11-6+;. The minimum atomic E-state index is 0.196. The van der Waals surface area contributed by atoms with Crippen molar-refractivity contribution in [2.45, 2.75) is 84.1 Å². The molecule has 4 N–H and O–H groups in total. The largest absolute Gasteiger partial charge is 0.392 e. The summed E-state index contributed by atoms with van der Waals surface area (Å²) in [4.78, 5) is 1.02. The van der Waals surface area contributed by atoms with Crippen LogP contribution in [-0.2, 0) is 5.41 Å². The first-order chi connectivity index (χ1) is 19.8. The van der Waals surface area contributed by atoms with Gasteiger partial charge in [-0.05, 0) is 109 Å². The second-order valence-electron chi connectivity index (χ2n) is 13.1. The van der Waals surface area contributed by atoms with Gasteiger partial charge >= 0.3 is 0 Å². The minimum absolute atomic E-state index is 0.196. The fraction of sp³-hybridized carbons (Fsp3) is 0.385. The number of benzene rings is 3. The molecule has 3 aromatic carbocycles. The Bertz CT molecular complexity index is 1410. The minimum Gasteiger partial charge on any atom is -0.392 e. The van der Waals surface area contributed by atoms with E-state index >= 15 is 0 Å². The van der Waals surface area contributed by atoms with Gasteiger partial charge in [-0.25, -0.2) is 0 Å². The van der Waals surface area contributed by atoms with Gasteiger partial charge in [-0.1, -0.05) is 106 Å². The van der Waals surface area contributed by atoms with Crippen molar-refractivity contribution >= 4 is 18.2 Å². The van der Waals surface area contributed by atoms with Crippen LogP contribution in [0.1, 0.15) is 76.1 Å². The molecule has 4 unspecified atom stereocenters.